The summed E-state index contributed by atoms with van der Waals surface area (Å²) in [5.41, 5.74) is 2.31. The van der Waals surface area contributed by atoms with Crippen molar-refractivity contribution in [2.75, 3.05) is 6.61 Å². The average Bonchev–Trinajstić information content (AvgIpc) is 2.90. The molecule has 26 heavy (non-hydrogen) atoms. The Kier molecular flexibility index (Phi) is 5.28. The molecule has 132 valence electrons. The van der Waals surface area contributed by atoms with Gasteiger partial charge in [0, 0.05) is 10.0 Å². The summed E-state index contributed by atoms with van der Waals surface area (Å²) in [6.07, 6.45) is 1.79. The molecule has 3 aromatic rings. The number of hydrogen-bond acceptors (Lipinski definition) is 2. The molecule has 0 saturated carbocycles. The van der Waals surface area contributed by atoms with Crippen molar-refractivity contribution in [2.45, 2.75) is 6.92 Å². The van der Waals surface area contributed by atoms with Crippen molar-refractivity contribution in [1.29, 1.82) is 0 Å². The second-order valence-electron chi connectivity index (χ2n) is 6.05. The first-order chi connectivity index (χ1) is 12.5. The minimum absolute atomic E-state index is 0.160. The fraction of sp³-hybridized carbons (Fsp3) is 0.0952. The van der Waals surface area contributed by atoms with Gasteiger partial charge in [-0.05, 0) is 48.9 Å². The quantitative estimate of drug-likeness (QED) is 0.656. The van der Waals surface area contributed by atoms with E-state index < -0.39 is 0 Å². The van der Waals surface area contributed by atoms with Crippen LogP contribution in [-0.2, 0) is 0 Å². The molecule has 0 aliphatic rings. The van der Waals surface area contributed by atoms with E-state index in [4.69, 9.17) is 4.74 Å². The van der Waals surface area contributed by atoms with E-state index in [1.807, 2.05) is 55.5 Å². The number of rotatable bonds is 5. The highest BCUT2D eigenvalue weighted by Crippen LogP contribution is 2.24. The topological polar surface area (TPSA) is 47.0 Å². The summed E-state index contributed by atoms with van der Waals surface area (Å²) in [6.45, 7) is 10.2. The molecule has 1 N–H and O–H groups in total. The highest BCUT2D eigenvalue weighted by Gasteiger charge is 2.07. The second kappa shape index (κ2) is 7.62. The van der Waals surface area contributed by atoms with Crippen LogP contribution in [0, 0.1) is 0 Å². The molecule has 0 atom stereocenters. The maximum atomic E-state index is 12.9. The number of ether oxygens (including phenoxy) is 1. The molecule has 0 radical (unpaired) electrons. The summed E-state index contributed by atoms with van der Waals surface area (Å²) in [5.74, 6) is 0.683. The lowest BCUT2D eigenvalue weighted by molar-refractivity contribution is 0.352. The maximum Gasteiger partial charge on any atom is 0.279 e. The van der Waals surface area contributed by atoms with Crippen LogP contribution in [0.3, 0.4) is 0 Å². The van der Waals surface area contributed by atoms with E-state index in [0.29, 0.717) is 22.9 Å². The van der Waals surface area contributed by atoms with Gasteiger partial charge in [0.2, 0.25) is 0 Å². The molecule has 0 aliphatic heterocycles. The molecule has 0 spiro atoms. The van der Waals surface area contributed by atoms with Crippen molar-refractivity contribution < 1.29 is 4.74 Å². The van der Waals surface area contributed by atoms with Gasteiger partial charge in [-0.15, -0.1) is 0 Å². The summed E-state index contributed by atoms with van der Waals surface area (Å²) in [7, 11) is 0. The number of benzene rings is 2. The molecule has 0 saturated heterocycles. The second-order valence-corrected chi connectivity index (χ2v) is 6.97. The van der Waals surface area contributed by atoms with Gasteiger partial charge in [-0.1, -0.05) is 47.3 Å². The minimum atomic E-state index is -0.160. The van der Waals surface area contributed by atoms with Crippen LogP contribution in [0.5, 0.6) is 5.75 Å². The third-order valence-electron chi connectivity index (χ3n) is 3.77. The zero-order valence-corrected chi connectivity index (χ0v) is 16.0. The van der Waals surface area contributed by atoms with Crippen molar-refractivity contribution in [3.63, 3.8) is 0 Å². The highest BCUT2D eigenvalue weighted by atomic mass is 79.9. The number of nitrogens with zero attached hydrogens (tertiary/aromatic N) is 1. The third kappa shape index (κ3) is 3.89. The number of hydrogen-bond donors (Lipinski definition) is 1. The lowest BCUT2D eigenvalue weighted by atomic mass is 10.1. The van der Waals surface area contributed by atoms with Gasteiger partial charge >= 0.3 is 0 Å². The van der Waals surface area contributed by atoms with E-state index in [-0.39, 0.29) is 5.56 Å². The molecule has 1 aromatic heterocycles. The SMILES string of the molecule is C=C(C)COc1ccc(Br)cc1/C=c1\c(=C)[nH]n(-c2ccccc2)c1=O. The Morgan fingerprint density at radius 1 is 1.27 bits per heavy atom. The highest BCUT2D eigenvalue weighted by molar-refractivity contribution is 9.10. The van der Waals surface area contributed by atoms with Crippen molar-refractivity contribution in [2.24, 2.45) is 0 Å². The van der Waals surface area contributed by atoms with Gasteiger partial charge in [0.05, 0.1) is 16.3 Å². The largest absolute Gasteiger partial charge is 0.489 e. The first kappa shape index (κ1) is 18.0. The summed E-state index contributed by atoms with van der Waals surface area (Å²) in [6, 6.07) is 15.1. The minimum Gasteiger partial charge on any atom is -0.489 e. The zero-order valence-electron chi connectivity index (χ0n) is 14.5. The normalized spacial score (nSPS) is 11.5. The van der Waals surface area contributed by atoms with E-state index in [1.165, 1.54) is 4.68 Å². The van der Waals surface area contributed by atoms with E-state index in [1.54, 1.807) is 6.08 Å². The van der Waals surface area contributed by atoms with Gasteiger partial charge in [-0.25, -0.2) is 4.68 Å². The lowest BCUT2D eigenvalue weighted by Gasteiger charge is -2.09. The van der Waals surface area contributed by atoms with Gasteiger partial charge < -0.3 is 4.74 Å². The van der Waals surface area contributed by atoms with Crippen molar-refractivity contribution >= 4 is 28.6 Å². The first-order valence-electron chi connectivity index (χ1n) is 8.09. The number of H-pyrrole nitrogens is 1. The Bertz CT molecular complexity index is 1110. The van der Waals surface area contributed by atoms with Gasteiger partial charge in [0.1, 0.15) is 12.4 Å². The summed E-state index contributed by atoms with van der Waals surface area (Å²) in [5, 5.41) is 4.07. The van der Waals surface area contributed by atoms with Crippen molar-refractivity contribution in [3.8, 4) is 11.4 Å². The van der Waals surface area contributed by atoms with Crippen LogP contribution in [0.25, 0.3) is 18.3 Å². The third-order valence-corrected chi connectivity index (χ3v) is 4.26. The van der Waals surface area contributed by atoms with Crippen LogP contribution in [0.2, 0.25) is 0 Å². The van der Waals surface area contributed by atoms with Gasteiger partial charge in [-0.3, -0.25) is 9.89 Å². The molecular formula is C21H19BrN2O2. The summed E-state index contributed by atoms with van der Waals surface area (Å²) < 4.78 is 8.19. The van der Waals surface area contributed by atoms with Crippen LogP contribution >= 0.6 is 15.9 Å². The Balaban J connectivity index is 2.13. The molecule has 0 unspecified atom stereocenters. The van der Waals surface area contributed by atoms with E-state index >= 15 is 0 Å². The molecule has 1 heterocycles. The molecule has 2 aromatic carbocycles. The van der Waals surface area contributed by atoms with E-state index in [2.05, 4.69) is 34.2 Å². The number of aromatic nitrogens is 2. The summed E-state index contributed by atoms with van der Waals surface area (Å²) in [4.78, 5) is 12.9. The van der Waals surface area contributed by atoms with Crippen LogP contribution in [0.15, 0.2) is 70.0 Å². The number of aromatic amines is 1. The van der Waals surface area contributed by atoms with Crippen molar-refractivity contribution in [3.05, 3.63) is 91.6 Å². The Hall–Kier alpha value is -2.79. The monoisotopic (exact) mass is 410 g/mol. The number of para-hydroxylation sites is 1. The molecule has 0 bridgehead atoms. The Morgan fingerprint density at radius 2 is 2.00 bits per heavy atom. The molecule has 3 rings (SSSR count). The van der Waals surface area contributed by atoms with Crippen LogP contribution < -0.4 is 20.9 Å². The summed E-state index contributed by atoms with van der Waals surface area (Å²) >= 11 is 3.47. The predicted octanol–water partition coefficient (Wildman–Crippen LogP) is 3.12. The molecular weight excluding hydrogens is 392 g/mol. The maximum absolute atomic E-state index is 12.9. The van der Waals surface area contributed by atoms with E-state index in [0.717, 1.165) is 21.3 Å². The van der Waals surface area contributed by atoms with Crippen molar-refractivity contribution in [1.82, 2.24) is 9.78 Å². The zero-order chi connectivity index (χ0) is 18.7. The fourth-order valence-electron chi connectivity index (χ4n) is 2.52. The molecule has 5 heteroatoms. The Morgan fingerprint density at radius 3 is 2.69 bits per heavy atom. The van der Waals surface area contributed by atoms with Gasteiger partial charge in [0.25, 0.3) is 5.56 Å². The molecule has 0 fully saturated rings. The standard InChI is InChI=1S/C21H19BrN2O2/c1-14(2)13-26-20-10-9-17(22)11-16(20)12-19-15(3)23-24(21(19)25)18-7-5-4-6-8-18/h4-12,23H,1,3,13H2,2H3/b19-12+. The number of nitrogens with one attached hydrogen (secondary N) is 1. The molecule has 0 amide bonds. The van der Waals surface area contributed by atoms with E-state index in [9.17, 15) is 4.79 Å². The van der Waals surface area contributed by atoms with Crippen LogP contribution in [-0.4, -0.2) is 16.4 Å². The smallest absolute Gasteiger partial charge is 0.279 e. The lowest BCUT2D eigenvalue weighted by Crippen LogP contribution is -2.34. The first-order valence-corrected chi connectivity index (χ1v) is 8.89. The average molecular weight is 411 g/mol. The number of halogens is 1. The van der Waals surface area contributed by atoms with Gasteiger partial charge in [-0.2, -0.15) is 0 Å². The predicted molar refractivity (Wildman–Crippen MR) is 109 cm³/mol. The van der Waals surface area contributed by atoms with Gasteiger partial charge in [0.15, 0.2) is 0 Å². The van der Waals surface area contributed by atoms with Crippen LogP contribution in [0.4, 0.5) is 0 Å². The Labute approximate surface area is 159 Å². The molecule has 4 nitrogen and oxygen atoms in total. The fourth-order valence-corrected chi connectivity index (χ4v) is 2.90. The molecule has 0 aliphatic carbocycles. The van der Waals surface area contributed by atoms with Crippen LogP contribution in [0.1, 0.15) is 12.5 Å².